The number of carbonyl (C=O) groups is 2. The summed E-state index contributed by atoms with van der Waals surface area (Å²) < 4.78 is 31.7. The first-order valence-corrected chi connectivity index (χ1v) is 13.1. The van der Waals surface area contributed by atoms with Gasteiger partial charge in [-0.15, -0.1) is 0 Å². The summed E-state index contributed by atoms with van der Waals surface area (Å²) >= 11 is 0. The van der Waals surface area contributed by atoms with Crippen LogP contribution in [0.5, 0.6) is 5.75 Å². The summed E-state index contributed by atoms with van der Waals surface area (Å²) in [6.07, 6.45) is 2.31. The molecule has 0 bridgehead atoms. The van der Waals surface area contributed by atoms with E-state index >= 15 is 0 Å². The molecule has 1 aliphatic heterocycles. The minimum absolute atomic E-state index is 0.0910. The van der Waals surface area contributed by atoms with Crippen molar-refractivity contribution in [1.82, 2.24) is 14.9 Å². The summed E-state index contributed by atoms with van der Waals surface area (Å²) in [5, 5.41) is 10.4. The second-order valence-corrected chi connectivity index (χ2v) is 10.3. The second kappa shape index (κ2) is 11.3. The summed E-state index contributed by atoms with van der Waals surface area (Å²) in [6, 6.07) is 12.4. The fraction of sp³-hybridized carbons (Fsp3) is 0.375. The van der Waals surface area contributed by atoms with Crippen molar-refractivity contribution in [3.63, 3.8) is 0 Å². The molecule has 1 fully saturated rings. The first kappa shape index (κ1) is 26.2. The molecule has 2 aromatic rings. The Balaban J connectivity index is 1.72. The first-order chi connectivity index (χ1) is 16.6. The van der Waals surface area contributed by atoms with Crippen LogP contribution >= 0.6 is 0 Å². The van der Waals surface area contributed by atoms with Gasteiger partial charge in [-0.05, 0) is 30.9 Å². The van der Waals surface area contributed by atoms with E-state index in [4.69, 9.17) is 15.9 Å². The summed E-state index contributed by atoms with van der Waals surface area (Å²) in [6.45, 7) is 0.526. The Kier molecular flexibility index (Phi) is 8.47. The molecule has 188 valence electrons. The zero-order chi connectivity index (χ0) is 25.6. The topological polar surface area (TPSA) is 155 Å². The molecule has 35 heavy (non-hydrogen) atoms. The van der Waals surface area contributed by atoms with E-state index in [0.717, 1.165) is 11.8 Å². The molecule has 0 aromatic heterocycles. The van der Waals surface area contributed by atoms with Gasteiger partial charge in [0.2, 0.25) is 21.8 Å². The lowest BCUT2D eigenvalue weighted by atomic mass is 10.0. The maximum Gasteiger partial charge on any atom is 0.243 e. The number of nitrogens with two attached hydrogens (primary N) is 1. The molecule has 1 saturated heterocycles. The minimum Gasteiger partial charge on any atom is -0.496 e. The lowest BCUT2D eigenvalue weighted by Gasteiger charge is -2.28. The molecular weight excluding hydrogens is 470 g/mol. The SMILES string of the molecule is COc1cc(C(=N)N)ccc1CNC(=O)C1CCCN1C(=O)[C@@H](Cc1ccccc1)NS(C)(=O)=O. The number of amides is 2. The Morgan fingerprint density at radius 3 is 2.57 bits per heavy atom. The maximum absolute atomic E-state index is 13.4. The van der Waals surface area contributed by atoms with Gasteiger partial charge in [-0.1, -0.05) is 42.5 Å². The smallest absolute Gasteiger partial charge is 0.243 e. The number of nitrogens with zero attached hydrogens (tertiary/aromatic N) is 1. The minimum atomic E-state index is -3.66. The lowest BCUT2D eigenvalue weighted by Crippen LogP contribution is -2.54. The number of carbonyl (C=O) groups excluding carboxylic acids is 2. The number of hydrogen-bond donors (Lipinski definition) is 4. The van der Waals surface area contributed by atoms with Crippen molar-refractivity contribution in [3.8, 4) is 5.75 Å². The van der Waals surface area contributed by atoms with E-state index in [0.29, 0.717) is 36.3 Å². The highest BCUT2D eigenvalue weighted by Gasteiger charge is 2.38. The molecule has 11 heteroatoms. The quantitative estimate of drug-likeness (QED) is 0.278. The summed E-state index contributed by atoms with van der Waals surface area (Å²) in [5.41, 5.74) is 7.54. The normalized spacial score (nSPS) is 16.5. The Labute approximate surface area is 205 Å². The number of sulfonamides is 1. The van der Waals surface area contributed by atoms with E-state index in [9.17, 15) is 18.0 Å². The van der Waals surface area contributed by atoms with Crippen LogP contribution in [0.4, 0.5) is 0 Å². The molecule has 3 rings (SSSR count). The molecule has 1 heterocycles. The molecule has 0 aliphatic carbocycles. The van der Waals surface area contributed by atoms with Gasteiger partial charge >= 0.3 is 0 Å². The van der Waals surface area contributed by atoms with E-state index in [-0.39, 0.29) is 24.7 Å². The van der Waals surface area contributed by atoms with Crippen molar-refractivity contribution >= 4 is 27.7 Å². The predicted octanol–water partition coefficient (Wildman–Crippen LogP) is 0.747. The van der Waals surface area contributed by atoms with Crippen LogP contribution in [0.15, 0.2) is 48.5 Å². The lowest BCUT2D eigenvalue weighted by molar-refractivity contribution is -0.139. The first-order valence-electron chi connectivity index (χ1n) is 11.2. The number of benzene rings is 2. The van der Waals surface area contributed by atoms with Gasteiger partial charge in [-0.2, -0.15) is 0 Å². The van der Waals surface area contributed by atoms with Crippen molar-refractivity contribution in [2.75, 3.05) is 19.9 Å². The Bertz CT molecular complexity index is 1190. The Hall–Kier alpha value is -3.44. The van der Waals surface area contributed by atoms with Gasteiger partial charge in [-0.25, -0.2) is 13.1 Å². The molecule has 0 radical (unpaired) electrons. The molecule has 2 aromatic carbocycles. The van der Waals surface area contributed by atoms with E-state index in [1.165, 1.54) is 12.0 Å². The number of rotatable bonds is 10. The second-order valence-electron chi connectivity index (χ2n) is 8.48. The van der Waals surface area contributed by atoms with Crippen molar-refractivity contribution in [2.24, 2.45) is 5.73 Å². The summed E-state index contributed by atoms with van der Waals surface area (Å²) in [4.78, 5) is 27.9. The standard InChI is InChI=1S/C24H31N5O5S/c1-34-21-14-17(22(25)26)10-11-18(21)15-27-23(30)20-9-6-12-29(20)24(31)19(28-35(2,32)33)13-16-7-4-3-5-8-16/h3-5,7-8,10-11,14,19-20,28H,6,9,12-13,15H2,1-2H3,(H3,25,26)(H,27,30)/t19-,20?/m1/s1. The molecule has 2 atom stereocenters. The molecule has 1 aliphatic rings. The van der Waals surface area contributed by atoms with Gasteiger partial charge in [-0.3, -0.25) is 15.0 Å². The van der Waals surface area contributed by atoms with Crippen LogP contribution in [-0.4, -0.2) is 63.0 Å². The van der Waals surface area contributed by atoms with Crippen molar-refractivity contribution in [2.45, 2.75) is 37.9 Å². The van der Waals surface area contributed by atoms with Crippen LogP contribution in [0.25, 0.3) is 0 Å². The van der Waals surface area contributed by atoms with Crippen LogP contribution in [0, 0.1) is 5.41 Å². The Morgan fingerprint density at radius 1 is 1.23 bits per heavy atom. The van der Waals surface area contributed by atoms with Gasteiger partial charge in [0.25, 0.3) is 0 Å². The van der Waals surface area contributed by atoms with Crippen molar-refractivity contribution in [1.29, 1.82) is 5.41 Å². The van der Waals surface area contributed by atoms with Crippen LogP contribution < -0.4 is 20.5 Å². The van der Waals surface area contributed by atoms with E-state index < -0.39 is 28.0 Å². The van der Waals surface area contributed by atoms with Gasteiger partial charge < -0.3 is 20.7 Å². The number of hydrogen-bond acceptors (Lipinski definition) is 6. The molecule has 10 nitrogen and oxygen atoms in total. The number of ether oxygens (including phenoxy) is 1. The van der Waals surface area contributed by atoms with Crippen LogP contribution in [-0.2, 0) is 32.6 Å². The monoisotopic (exact) mass is 501 g/mol. The third-order valence-electron chi connectivity index (χ3n) is 5.83. The highest BCUT2D eigenvalue weighted by atomic mass is 32.2. The van der Waals surface area contributed by atoms with E-state index in [1.807, 2.05) is 30.3 Å². The van der Waals surface area contributed by atoms with Crippen LogP contribution in [0.1, 0.15) is 29.5 Å². The van der Waals surface area contributed by atoms with Gasteiger partial charge in [0.05, 0.1) is 13.4 Å². The zero-order valence-corrected chi connectivity index (χ0v) is 20.6. The summed E-state index contributed by atoms with van der Waals surface area (Å²) in [5.74, 6) is -0.365. The highest BCUT2D eigenvalue weighted by Crippen LogP contribution is 2.22. The fourth-order valence-corrected chi connectivity index (χ4v) is 4.85. The van der Waals surface area contributed by atoms with Crippen molar-refractivity contribution < 1.29 is 22.7 Å². The number of nitrogens with one attached hydrogen (secondary N) is 3. The average molecular weight is 502 g/mol. The predicted molar refractivity (Wildman–Crippen MR) is 133 cm³/mol. The number of methoxy groups -OCH3 is 1. The molecular formula is C24H31N5O5S. The maximum atomic E-state index is 13.4. The summed E-state index contributed by atoms with van der Waals surface area (Å²) in [7, 11) is -2.17. The number of nitrogen functional groups attached to an aromatic ring is 1. The van der Waals surface area contributed by atoms with Gasteiger partial charge in [0.15, 0.2) is 0 Å². The molecule has 1 unspecified atom stereocenters. The van der Waals surface area contributed by atoms with E-state index in [2.05, 4.69) is 10.0 Å². The van der Waals surface area contributed by atoms with Gasteiger partial charge in [0.1, 0.15) is 23.7 Å². The molecule has 2 amide bonds. The zero-order valence-electron chi connectivity index (χ0n) is 19.8. The van der Waals surface area contributed by atoms with E-state index in [1.54, 1.807) is 18.2 Å². The molecule has 5 N–H and O–H groups in total. The third-order valence-corrected chi connectivity index (χ3v) is 6.54. The van der Waals surface area contributed by atoms with Crippen molar-refractivity contribution in [3.05, 3.63) is 65.2 Å². The third kappa shape index (κ3) is 7.03. The number of amidine groups is 1. The van der Waals surface area contributed by atoms with Crippen LogP contribution in [0.3, 0.4) is 0 Å². The number of likely N-dealkylation sites (tertiary alicyclic amines) is 1. The molecule has 0 saturated carbocycles. The highest BCUT2D eigenvalue weighted by molar-refractivity contribution is 7.88. The average Bonchev–Trinajstić information content (AvgIpc) is 3.31. The largest absolute Gasteiger partial charge is 0.496 e. The molecule has 0 spiro atoms. The Morgan fingerprint density at radius 2 is 1.94 bits per heavy atom. The fourth-order valence-electron chi connectivity index (χ4n) is 4.15. The van der Waals surface area contributed by atoms with Gasteiger partial charge in [0, 0.05) is 24.2 Å². The van der Waals surface area contributed by atoms with Crippen LogP contribution in [0.2, 0.25) is 0 Å².